The highest BCUT2D eigenvalue weighted by Crippen LogP contribution is 2.27. The smallest absolute Gasteiger partial charge is 0.206 e. The molecule has 2 aliphatic rings. The fraction of sp³-hybridized carbons (Fsp3) is 0.480. The van der Waals surface area contributed by atoms with E-state index in [9.17, 15) is 0 Å². The van der Waals surface area contributed by atoms with Crippen molar-refractivity contribution in [3.05, 3.63) is 77.6 Å². The highest BCUT2D eigenvalue weighted by Gasteiger charge is 2.32. The van der Waals surface area contributed by atoms with Crippen LogP contribution < -0.4 is 9.80 Å². The van der Waals surface area contributed by atoms with E-state index in [1.165, 1.54) is 43.2 Å². The lowest BCUT2D eigenvalue weighted by atomic mass is 9.95. The molecule has 2 N–H and O–H groups in total. The third kappa shape index (κ3) is 4.70. The number of hydrogen-bond donors (Lipinski definition) is 2. The summed E-state index contributed by atoms with van der Waals surface area (Å²) < 4.78 is 2.14. The summed E-state index contributed by atoms with van der Waals surface area (Å²) in [6.07, 6.45) is 6.41. The molecule has 162 valence electrons. The molecule has 1 saturated heterocycles. The minimum absolute atomic E-state index is 0.400. The van der Waals surface area contributed by atoms with Gasteiger partial charge in [0.05, 0.1) is 6.04 Å². The zero-order valence-corrected chi connectivity index (χ0v) is 18.3. The number of nitrogens with one attached hydrogen (secondary N) is 2. The molecule has 0 atom stereocenters. The van der Waals surface area contributed by atoms with Crippen molar-refractivity contribution in [3.63, 3.8) is 0 Å². The molecule has 3 aromatic rings. The van der Waals surface area contributed by atoms with Crippen LogP contribution in [0.5, 0.6) is 0 Å². The first-order chi connectivity index (χ1) is 15.4. The van der Waals surface area contributed by atoms with Crippen molar-refractivity contribution in [2.75, 3.05) is 26.2 Å². The van der Waals surface area contributed by atoms with Gasteiger partial charge in [0.25, 0.3) is 0 Å². The average molecular weight is 419 g/mol. The second-order valence-electron chi connectivity index (χ2n) is 9.17. The Kier molecular flexibility index (Phi) is 6.37. The topological polar surface area (TPSA) is 52.5 Å². The molecule has 1 saturated carbocycles. The Hall–Kier alpha value is -2.57. The van der Waals surface area contributed by atoms with Crippen LogP contribution in [-0.4, -0.2) is 46.4 Å². The molecule has 2 fully saturated rings. The van der Waals surface area contributed by atoms with E-state index in [1.54, 1.807) is 9.80 Å². The van der Waals surface area contributed by atoms with Gasteiger partial charge in [-0.15, -0.1) is 5.10 Å². The normalized spacial score (nSPS) is 22.6. The molecule has 0 amide bonds. The zero-order valence-electron chi connectivity index (χ0n) is 18.3. The van der Waals surface area contributed by atoms with Crippen LogP contribution in [-0.2, 0) is 6.54 Å². The molecule has 0 spiro atoms. The van der Waals surface area contributed by atoms with Gasteiger partial charge >= 0.3 is 0 Å². The van der Waals surface area contributed by atoms with Crippen molar-refractivity contribution in [1.82, 2.24) is 20.2 Å². The molecule has 0 radical (unpaired) electrons. The molecule has 0 unspecified atom stereocenters. The van der Waals surface area contributed by atoms with Crippen molar-refractivity contribution in [2.45, 2.75) is 50.7 Å². The van der Waals surface area contributed by atoms with Gasteiger partial charge in [0, 0.05) is 11.1 Å². The molecule has 2 aromatic carbocycles. The summed E-state index contributed by atoms with van der Waals surface area (Å²) >= 11 is 0. The number of piperazine rings is 1. The average Bonchev–Trinajstić information content (AvgIpc) is 3.30. The Labute approximate surface area is 184 Å². The maximum absolute atomic E-state index is 4.41. The van der Waals surface area contributed by atoms with E-state index in [0.29, 0.717) is 12.1 Å². The number of nitrogens with zero attached hydrogens (tertiary/aromatic N) is 4. The van der Waals surface area contributed by atoms with E-state index in [-0.39, 0.29) is 0 Å². The lowest BCUT2D eigenvalue weighted by Gasteiger charge is -2.35. The number of tetrazole rings is 1. The van der Waals surface area contributed by atoms with Crippen LogP contribution in [0.4, 0.5) is 0 Å². The van der Waals surface area contributed by atoms with Crippen LogP contribution in [0.3, 0.4) is 0 Å². The van der Waals surface area contributed by atoms with Crippen molar-refractivity contribution in [1.29, 1.82) is 0 Å². The summed E-state index contributed by atoms with van der Waals surface area (Å²) in [5.41, 5.74) is 2.82. The van der Waals surface area contributed by atoms with Gasteiger partial charge in [-0.25, -0.2) is 4.68 Å². The zero-order chi connectivity index (χ0) is 20.9. The molecule has 5 rings (SSSR count). The predicted molar refractivity (Wildman–Crippen MR) is 120 cm³/mol. The van der Waals surface area contributed by atoms with Gasteiger partial charge in [-0.05, 0) is 23.3 Å². The lowest BCUT2D eigenvalue weighted by molar-refractivity contribution is -1.03. The lowest BCUT2D eigenvalue weighted by Crippen LogP contribution is -3.27. The van der Waals surface area contributed by atoms with Crippen molar-refractivity contribution in [2.24, 2.45) is 0 Å². The molecule has 0 bridgehead atoms. The van der Waals surface area contributed by atoms with Gasteiger partial charge in [0.2, 0.25) is 5.82 Å². The van der Waals surface area contributed by atoms with E-state index in [4.69, 9.17) is 0 Å². The third-order valence-corrected chi connectivity index (χ3v) is 7.16. The van der Waals surface area contributed by atoms with E-state index in [0.717, 1.165) is 38.5 Å². The summed E-state index contributed by atoms with van der Waals surface area (Å²) in [6.45, 7) is 5.58. The molecular formula is C25H34N6+2. The first-order valence-corrected chi connectivity index (χ1v) is 11.9. The molecule has 1 aliphatic carbocycles. The predicted octanol–water partition coefficient (Wildman–Crippen LogP) is 1.25. The molecule has 1 aromatic heterocycles. The summed E-state index contributed by atoms with van der Waals surface area (Å²) in [6, 6.07) is 22.9. The van der Waals surface area contributed by atoms with Gasteiger partial charge in [0.15, 0.2) is 0 Å². The Balaban J connectivity index is 1.26. The number of hydrogen-bond acceptors (Lipinski definition) is 3. The van der Waals surface area contributed by atoms with Gasteiger partial charge in [-0.3, -0.25) is 0 Å². The number of aromatic nitrogens is 4. The van der Waals surface area contributed by atoms with Gasteiger partial charge in [-0.1, -0.05) is 79.9 Å². The Morgan fingerprint density at radius 1 is 0.806 bits per heavy atom. The number of quaternary nitrogens is 2. The van der Waals surface area contributed by atoms with Crippen LogP contribution in [0.15, 0.2) is 60.7 Å². The minimum atomic E-state index is 0.400. The molecular weight excluding hydrogens is 384 g/mol. The highest BCUT2D eigenvalue weighted by atomic mass is 15.6. The molecule has 2 heterocycles. The molecule has 1 aliphatic heterocycles. The van der Waals surface area contributed by atoms with Gasteiger partial charge in [-0.2, -0.15) is 0 Å². The largest absolute Gasteiger partial charge is 0.319 e. The van der Waals surface area contributed by atoms with Crippen LogP contribution in [0, 0.1) is 0 Å². The molecule has 6 nitrogen and oxygen atoms in total. The second-order valence-corrected chi connectivity index (χ2v) is 9.17. The van der Waals surface area contributed by atoms with Crippen LogP contribution >= 0.6 is 0 Å². The maximum atomic E-state index is 4.41. The van der Waals surface area contributed by atoms with E-state index < -0.39 is 0 Å². The van der Waals surface area contributed by atoms with Crippen molar-refractivity contribution in [3.8, 4) is 0 Å². The quantitative estimate of drug-likeness (QED) is 0.634. The van der Waals surface area contributed by atoms with E-state index in [2.05, 4.69) is 80.9 Å². The fourth-order valence-corrected chi connectivity index (χ4v) is 5.51. The van der Waals surface area contributed by atoms with Crippen LogP contribution in [0.25, 0.3) is 0 Å². The second kappa shape index (κ2) is 9.71. The SMILES string of the molecule is c1ccc(C(c2ccccc2)[NH+]2CC[NH+](Cc3nnnn3C3CCCCC3)CC2)cc1. The van der Waals surface area contributed by atoms with Crippen LogP contribution in [0.2, 0.25) is 0 Å². The Bertz CT molecular complexity index is 887. The summed E-state index contributed by atoms with van der Waals surface area (Å²) in [4.78, 5) is 3.27. The molecule has 31 heavy (non-hydrogen) atoms. The number of benzene rings is 2. The van der Waals surface area contributed by atoms with Gasteiger partial charge in [0.1, 0.15) is 38.8 Å². The third-order valence-electron chi connectivity index (χ3n) is 7.16. The maximum Gasteiger partial charge on any atom is 0.206 e. The highest BCUT2D eigenvalue weighted by molar-refractivity contribution is 5.29. The van der Waals surface area contributed by atoms with Gasteiger partial charge < -0.3 is 9.80 Å². The summed E-state index contributed by atoms with van der Waals surface area (Å²) in [5, 5.41) is 12.8. The standard InChI is InChI=1S/C25H32N6/c1-4-10-21(11-5-1)25(22-12-6-2-7-13-22)30-18-16-29(17-19-30)20-24-26-27-28-31(24)23-14-8-3-9-15-23/h1-2,4-7,10-13,23,25H,3,8-9,14-20H2/p+2. The van der Waals surface area contributed by atoms with E-state index in [1.807, 2.05) is 0 Å². The Morgan fingerprint density at radius 3 is 2.03 bits per heavy atom. The number of rotatable bonds is 6. The molecule has 6 heteroatoms. The monoisotopic (exact) mass is 418 g/mol. The summed E-state index contributed by atoms with van der Waals surface area (Å²) in [7, 11) is 0. The minimum Gasteiger partial charge on any atom is -0.319 e. The summed E-state index contributed by atoms with van der Waals surface area (Å²) in [5.74, 6) is 1.08. The first-order valence-electron chi connectivity index (χ1n) is 11.9. The Morgan fingerprint density at radius 2 is 1.42 bits per heavy atom. The van der Waals surface area contributed by atoms with Crippen molar-refractivity contribution >= 4 is 0 Å². The fourth-order valence-electron chi connectivity index (χ4n) is 5.51. The van der Waals surface area contributed by atoms with Crippen molar-refractivity contribution < 1.29 is 9.80 Å². The van der Waals surface area contributed by atoms with Crippen LogP contribution in [0.1, 0.15) is 61.1 Å². The first kappa shape index (κ1) is 20.3. The van der Waals surface area contributed by atoms with E-state index >= 15 is 0 Å².